The highest BCUT2D eigenvalue weighted by Crippen LogP contribution is 2.46. The Balaban J connectivity index is 2.27. The summed E-state index contributed by atoms with van der Waals surface area (Å²) in [5.41, 5.74) is 6.87. The molecule has 2 aromatic rings. The molecule has 0 spiro atoms. The third-order valence-electron chi connectivity index (χ3n) is 5.03. The van der Waals surface area contributed by atoms with E-state index in [2.05, 4.69) is 70.1 Å². The van der Waals surface area contributed by atoms with E-state index in [1.54, 1.807) is 7.11 Å². The van der Waals surface area contributed by atoms with E-state index in [1.165, 1.54) is 27.8 Å². The Morgan fingerprint density at radius 2 is 1.57 bits per heavy atom. The maximum atomic E-state index is 6.05. The summed E-state index contributed by atoms with van der Waals surface area (Å²) in [6, 6.07) is 10.8. The predicted molar refractivity (Wildman–Crippen MR) is 93.4 cm³/mol. The zero-order chi connectivity index (χ0) is 16.8. The normalized spacial score (nSPS) is 21.2. The molecular formula is C20H23NO2. The van der Waals surface area contributed by atoms with Crippen molar-refractivity contribution in [3.63, 3.8) is 0 Å². The lowest BCUT2D eigenvalue weighted by atomic mass is 9.75. The van der Waals surface area contributed by atoms with Gasteiger partial charge in [0.25, 0.3) is 0 Å². The highest BCUT2D eigenvalue weighted by molar-refractivity contribution is 5.97. The summed E-state index contributed by atoms with van der Waals surface area (Å²) in [7, 11) is 1.55. The lowest BCUT2D eigenvalue weighted by Crippen LogP contribution is -2.32. The van der Waals surface area contributed by atoms with Crippen LogP contribution in [0.25, 0.3) is 0 Å². The SMILES string of the molecule is CON=C1Oc2cc(C)c(C)cc2C1(C)c1ccc(C)c(C)c1. The van der Waals surface area contributed by atoms with Gasteiger partial charge in [-0.15, -0.1) is 0 Å². The van der Waals surface area contributed by atoms with Crippen molar-refractivity contribution in [1.29, 1.82) is 0 Å². The molecule has 3 nitrogen and oxygen atoms in total. The number of nitrogens with zero attached hydrogens (tertiary/aromatic N) is 1. The molecule has 0 radical (unpaired) electrons. The maximum Gasteiger partial charge on any atom is 0.246 e. The molecule has 3 rings (SSSR count). The molecule has 2 aromatic carbocycles. The molecule has 0 saturated heterocycles. The average Bonchev–Trinajstić information content (AvgIpc) is 2.77. The van der Waals surface area contributed by atoms with Crippen LogP contribution in [0.1, 0.15) is 40.3 Å². The number of rotatable bonds is 2. The van der Waals surface area contributed by atoms with E-state index in [0.717, 1.165) is 11.3 Å². The third kappa shape index (κ3) is 2.31. The molecule has 1 aliphatic heterocycles. The van der Waals surface area contributed by atoms with E-state index in [1.807, 2.05) is 0 Å². The van der Waals surface area contributed by atoms with Gasteiger partial charge in [0.1, 0.15) is 18.3 Å². The highest BCUT2D eigenvalue weighted by atomic mass is 16.6. The van der Waals surface area contributed by atoms with Gasteiger partial charge < -0.3 is 9.57 Å². The fourth-order valence-corrected chi connectivity index (χ4v) is 3.11. The van der Waals surface area contributed by atoms with Crippen LogP contribution in [-0.4, -0.2) is 13.0 Å². The molecular weight excluding hydrogens is 286 g/mol. The van der Waals surface area contributed by atoms with Crippen molar-refractivity contribution < 1.29 is 9.57 Å². The minimum Gasteiger partial charge on any atom is -0.438 e. The summed E-state index contributed by atoms with van der Waals surface area (Å²) < 4.78 is 6.05. The minimum absolute atomic E-state index is 0.442. The summed E-state index contributed by atoms with van der Waals surface area (Å²) in [5, 5.41) is 4.17. The standard InChI is InChI=1S/C20H23NO2/c1-12-7-8-16(9-13(12)2)20(5)17-10-14(3)15(4)11-18(17)23-19(20)21-22-6/h7-11H,1-6H3. The molecule has 1 unspecified atom stereocenters. The van der Waals surface area contributed by atoms with E-state index >= 15 is 0 Å². The quantitative estimate of drug-likeness (QED) is 0.760. The monoisotopic (exact) mass is 309 g/mol. The molecule has 1 atom stereocenters. The fraction of sp³-hybridized carbons (Fsp3) is 0.350. The molecule has 0 N–H and O–H groups in total. The van der Waals surface area contributed by atoms with Crippen LogP contribution < -0.4 is 4.74 Å². The number of benzene rings is 2. The molecule has 0 aromatic heterocycles. The number of oxime groups is 1. The van der Waals surface area contributed by atoms with Gasteiger partial charge in [0.05, 0.1) is 0 Å². The van der Waals surface area contributed by atoms with Crippen molar-refractivity contribution in [2.45, 2.75) is 40.0 Å². The Morgan fingerprint density at radius 3 is 2.22 bits per heavy atom. The highest BCUT2D eigenvalue weighted by Gasteiger charge is 2.45. The number of aryl methyl sites for hydroxylation is 4. The summed E-state index contributed by atoms with van der Waals surface area (Å²) in [4.78, 5) is 5.05. The Kier molecular flexibility index (Phi) is 3.67. The van der Waals surface area contributed by atoms with Gasteiger partial charge in [-0.2, -0.15) is 0 Å². The number of hydrogen-bond acceptors (Lipinski definition) is 3. The van der Waals surface area contributed by atoms with Crippen molar-refractivity contribution in [2.24, 2.45) is 5.16 Å². The first-order valence-corrected chi connectivity index (χ1v) is 7.87. The largest absolute Gasteiger partial charge is 0.438 e. The molecule has 0 aliphatic carbocycles. The van der Waals surface area contributed by atoms with Crippen molar-refractivity contribution in [3.05, 3.63) is 63.7 Å². The van der Waals surface area contributed by atoms with Crippen LogP contribution in [0, 0.1) is 27.7 Å². The summed E-state index contributed by atoms with van der Waals surface area (Å²) in [5.74, 6) is 1.45. The Morgan fingerprint density at radius 1 is 0.913 bits per heavy atom. The third-order valence-corrected chi connectivity index (χ3v) is 5.03. The second kappa shape index (κ2) is 5.41. The lowest BCUT2D eigenvalue weighted by Gasteiger charge is -2.24. The van der Waals surface area contributed by atoms with Crippen molar-refractivity contribution in [3.8, 4) is 5.75 Å². The molecule has 3 heteroatoms. The zero-order valence-electron chi connectivity index (χ0n) is 14.7. The van der Waals surface area contributed by atoms with E-state index in [4.69, 9.17) is 9.57 Å². The zero-order valence-corrected chi connectivity index (χ0v) is 14.7. The van der Waals surface area contributed by atoms with E-state index in [9.17, 15) is 0 Å². The van der Waals surface area contributed by atoms with Gasteiger partial charge in [0, 0.05) is 5.56 Å². The van der Waals surface area contributed by atoms with Gasteiger partial charge in [-0.3, -0.25) is 0 Å². The van der Waals surface area contributed by atoms with E-state index < -0.39 is 5.41 Å². The smallest absolute Gasteiger partial charge is 0.246 e. The van der Waals surface area contributed by atoms with Gasteiger partial charge in [-0.1, -0.05) is 29.4 Å². The predicted octanol–water partition coefficient (Wildman–Crippen LogP) is 4.58. The summed E-state index contributed by atoms with van der Waals surface area (Å²) >= 11 is 0. The molecule has 0 saturated carbocycles. The molecule has 0 amide bonds. The molecule has 1 heterocycles. The van der Waals surface area contributed by atoms with Crippen LogP contribution in [0.2, 0.25) is 0 Å². The Hall–Kier alpha value is -2.29. The molecule has 0 bridgehead atoms. The Bertz CT molecular complexity index is 808. The second-order valence-corrected chi connectivity index (χ2v) is 6.54. The fourth-order valence-electron chi connectivity index (χ4n) is 3.11. The van der Waals surface area contributed by atoms with Crippen LogP contribution >= 0.6 is 0 Å². The van der Waals surface area contributed by atoms with Crippen molar-refractivity contribution in [1.82, 2.24) is 0 Å². The first kappa shape index (κ1) is 15.6. The molecule has 23 heavy (non-hydrogen) atoms. The summed E-state index contributed by atoms with van der Waals surface area (Å²) in [6.45, 7) is 10.6. The van der Waals surface area contributed by atoms with Gasteiger partial charge in [0.15, 0.2) is 0 Å². The molecule has 120 valence electrons. The number of fused-ring (bicyclic) bond motifs is 1. The average molecular weight is 309 g/mol. The van der Waals surface area contributed by atoms with Crippen LogP contribution in [0.3, 0.4) is 0 Å². The minimum atomic E-state index is -0.442. The molecule has 0 fully saturated rings. The number of ether oxygens (including phenoxy) is 1. The van der Waals surface area contributed by atoms with E-state index in [-0.39, 0.29) is 0 Å². The van der Waals surface area contributed by atoms with Crippen molar-refractivity contribution >= 4 is 5.90 Å². The first-order chi connectivity index (χ1) is 10.9. The second-order valence-electron chi connectivity index (χ2n) is 6.54. The van der Waals surface area contributed by atoms with Crippen LogP contribution in [0.15, 0.2) is 35.5 Å². The first-order valence-electron chi connectivity index (χ1n) is 7.87. The van der Waals surface area contributed by atoms with Crippen LogP contribution in [0.5, 0.6) is 5.75 Å². The van der Waals surface area contributed by atoms with Gasteiger partial charge >= 0.3 is 0 Å². The van der Waals surface area contributed by atoms with E-state index in [0.29, 0.717) is 5.90 Å². The van der Waals surface area contributed by atoms with Crippen LogP contribution in [0.4, 0.5) is 0 Å². The topological polar surface area (TPSA) is 30.8 Å². The van der Waals surface area contributed by atoms with Gasteiger partial charge in [-0.25, -0.2) is 0 Å². The van der Waals surface area contributed by atoms with Gasteiger partial charge in [-0.05, 0) is 68.5 Å². The van der Waals surface area contributed by atoms with Crippen LogP contribution in [-0.2, 0) is 10.3 Å². The molecule has 1 aliphatic rings. The Labute approximate surface area is 137 Å². The maximum absolute atomic E-state index is 6.05. The van der Waals surface area contributed by atoms with Crippen molar-refractivity contribution in [2.75, 3.05) is 7.11 Å². The van der Waals surface area contributed by atoms with Gasteiger partial charge in [0.2, 0.25) is 5.90 Å². The lowest BCUT2D eigenvalue weighted by molar-refractivity contribution is 0.203. The summed E-state index contributed by atoms with van der Waals surface area (Å²) in [6.07, 6.45) is 0. The number of hydrogen-bond donors (Lipinski definition) is 0.